The van der Waals surface area contributed by atoms with Gasteiger partial charge in [-0.3, -0.25) is 4.79 Å². The van der Waals surface area contributed by atoms with Crippen LogP contribution < -0.4 is 15.8 Å². The van der Waals surface area contributed by atoms with E-state index in [1.54, 1.807) is 18.2 Å². The van der Waals surface area contributed by atoms with Crippen molar-refractivity contribution in [2.24, 2.45) is 0 Å². The molecule has 0 aromatic heterocycles. The maximum atomic E-state index is 11.4. The molecule has 0 radical (unpaired) electrons. The van der Waals surface area contributed by atoms with Gasteiger partial charge in [0.25, 0.3) is 0 Å². The molecule has 5 heteroatoms. The Balaban J connectivity index is 2.69. The van der Waals surface area contributed by atoms with E-state index >= 15 is 0 Å². The van der Waals surface area contributed by atoms with Crippen LogP contribution in [0.4, 0.5) is 11.4 Å². The Hall–Kier alpha value is -1.75. The van der Waals surface area contributed by atoms with Crippen LogP contribution in [0.3, 0.4) is 0 Å². The normalized spacial score (nSPS) is 9.88. The Morgan fingerprint density at radius 1 is 1.56 bits per heavy atom. The number of nitrogens with one attached hydrogen (secondary N) is 1. The highest BCUT2D eigenvalue weighted by molar-refractivity contribution is 5.92. The lowest BCUT2D eigenvalue weighted by molar-refractivity contribution is -0.116. The van der Waals surface area contributed by atoms with Gasteiger partial charge in [-0.05, 0) is 18.6 Å². The van der Waals surface area contributed by atoms with E-state index in [0.717, 1.165) is 0 Å². The van der Waals surface area contributed by atoms with E-state index in [2.05, 4.69) is 5.32 Å². The van der Waals surface area contributed by atoms with Gasteiger partial charge in [0.2, 0.25) is 5.91 Å². The molecule has 0 bridgehead atoms. The average Bonchev–Trinajstić information content (AvgIpc) is 2.28. The SMILES string of the molecule is COc1cc(N)ccc1NC(=O)CCCO. The van der Waals surface area contributed by atoms with Crippen molar-refractivity contribution in [1.29, 1.82) is 0 Å². The van der Waals surface area contributed by atoms with E-state index in [4.69, 9.17) is 15.6 Å². The minimum atomic E-state index is -0.155. The van der Waals surface area contributed by atoms with Crippen LogP contribution in [0, 0.1) is 0 Å². The molecule has 0 saturated heterocycles. The van der Waals surface area contributed by atoms with E-state index in [9.17, 15) is 4.79 Å². The first-order chi connectivity index (χ1) is 7.67. The second-order valence-electron chi connectivity index (χ2n) is 3.34. The first-order valence-corrected chi connectivity index (χ1v) is 5.01. The molecule has 0 unspecified atom stereocenters. The van der Waals surface area contributed by atoms with Gasteiger partial charge in [0, 0.05) is 24.8 Å². The van der Waals surface area contributed by atoms with Crippen LogP contribution in [0.2, 0.25) is 0 Å². The number of nitrogens with two attached hydrogens (primary N) is 1. The molecule has 0 heterocycles. The van der Waals surface area contributed by atoms with Gasteiger partial charge < -0.3 is 20.9 Å². The van der Waals surface area contributed by atoms with Gasteiger partial charge in [-0.25, -0.2) is 0 Å². The summed E-state index contributed by atoms with van der Waals surface area (Å²) in [5.74, 6) is 0.370. The Kier molecular flexibility index (Phi) is 4.60. The minimum absolute atomic E-state index is 0.00624. The molecule has 0 aliphatic heterocycles. The first-order valence-electron chi connectivity index (χ1n) is 5.01. The average molecular weight is 224 g/mol. The quantitative estimate of drug-likeness (QED) is 0.651. The van der Waals surface area contributed by atoms with E-state index < -0.39 is 0 Å². The van der Waals surface area contributed by atoms with E-state index in [1.807, 2.05) is 0 Å². The first kappa shape index (κ1) is 12.3. The Morgan fingerprint density at radius 3 is 2.94 bits per heavy atom. The van der Waals surface area contributed by atoms with Crippen LogP contribution in [-0.2, 0) is 4.79 Å². The van der Waals surface area contributed by atoms with Crippen LogP contribution in [0.5, 0.6) is 5.75 Å². The molecular weight excluding hydrogens is 208 g/mol. The molecule has 0 aliphatic carbocycles. The predicted octanol–water partition coefficient (Wildman–Crippen LogP) is 0.988. The predicted molar refractivity (Wildman–Crippen MR) is 62.4 cm³/mol. The number of amides is 1. The van der Waals surface area contributed by atoms with Crippen molar-refractivity contribution >= 4 is 17.3 Å². The molecule has 0 fully saturated rings. The van der Waals surface area contributed by atoms with E-state index in [1.165, 1.54) is 7.11 Å². The summed E-state index contributed by atoms with van der Waals surface area (Å²) in [5.41, 5.74) is 6.75. The van der Waals surface area contributed by atoms with Gasteiger partial charge in [0.05, 0.1) is 12.8 Å². The molecule has 5 nitrogen and oxygen atoms in total. The number of nitrogen functional groups attached to an aromatic ring is 1. The molecule has 0 aliphatic rings. The summed E-state index contributed by atoms with van der Waals surface area (Å²) in [7, 11) is 1.51. The topological polar surface area (TPSA) is 84.6 Å². The number of hydrogen-bond donors (Lipinski definition) is 3. The summed E-state index contributed by atoms with van der Waals surface area (Å²) < 4.78 is 5.09. The Bertz CT molecular complexity index is 366. The zero-order chi connectivity index (χ0) is 12.0. The number of rotatable bonds is 5. The lowest BCUT2D eigenvalue weighted by Gasteiger charge is -2.10. The summed E-state index contributed by atoms with van der Waals surface area (Å²) in [5, 5.41) is 11.3. The molecular formula is C11H16N2O3. The zero-order valence-corrected chi connectivity index (χ0v) is 9.19. The number of carbonyl (C=O) groups excluding carboxylic acids is 1. The molecule has 0 spiro atoms. The molecule has 1 aromatic rings. The van der Waals surface area contributed by atoms with Crippen LogP contribution >= 0.6 is 0 Å². The molecule has 88 valence electrons. The van der Waals surface area contributed by atoms with Crippen molar-refractivity contribution in [2.75, 3.05) is 24.8 Å². The number of aliphatic hydroxyl groups excluding tert-OH is 1. The number of aliphatic hydroxyl groups is 1. The fourth-order valence-electron chi connectivity index (χ4n) is 1.26. The zero-order valence-electron chi connectivity index (χ0n) is 9.19. The highest BCUT2D eigenvalue weighted by atomic mass is 16.5. The van der Waals surface area contributed by atoms with Crippen LogP contribution in [0.15, 0.2) is 18.2 Å². The number of carbonyl (C=O) groups is 1. The summed E-state index contributed by atoms with van der Waals surface area (Å²) >= 11 is 0. The third-order valence-electron chi connectivity index (χ3n) is 2.06. The maximum Gasteiger partial charge on any atom is 0.224 e. The second-order valence-corrected chi connectivity index (χ2v) is 3.34. The van der Waals surface area contributed by atoms with Crippen LogP contribution in [-0.4, -0.2) is 24.7 Å². The van der Waals surface area contributed by atoms with Gasteiger partial charge in [0.15, 0.2) is 0 Å². The van der Waals surface area contributed by atoms with Crippen LogP contribution in [0.1, 0.15) is 12.8 Å². The van der Waals surface area contributed by atoms with Gasteiger partial charge >= 0.3 is 0 Å². The summed E-state index contributed by atoms with van der Waals surface area (Å²) in [6.07, 6.45) is 0.729. The van der Waals surface area contributed by atoms with Crippen molar-refractivity contribution in [3.05, 3.63) is 18.2 Å². The molecule has 1 rings (SSSR count). The smallest absolute Gasteiger partial charge is 0.224 e. The van der Waals surface area contributed by atoms with Gasteiger partial charge in [-0.2, -0.15) is 0 Å². The standard InChI is InChI=1S/C11H16N2O3/c1-16-10-7-8(12)4-5-9(10)13-11(15)3-2-6-14/h4-5,7,14H,2-3,6,12H2,1H3,(H,13,15). The highest BCUT2D eigenvalue weighted by Crippen LogP contribution is 2.26. The number of benzene rings is 1. The lowest BCUT2D eigenvalue weighted by Crippen LogP contribution is -2.12. The van der Waals surface area contributed by atoms with Crippen molar-refractivity contribution in [3.8, 4) is 5.75 Å². The summed E-state index contributed by atoms with van der Waals surface area (Å²) in [4.78, 5) is 11.4. The third kappa shape index (κ3) is 3.43. The van der Waals surface area contributed by atoms with Crippen molar-refractivity contribution in [3.63, 3.8) is 0 Å². The van der Waals surface area contributed by atoms with Crippen molar-refractivity contribution in [1.82, 2.24) is 0 Å². The summed E-state index contributed by atoms with van der Waals surface area (Å²) in [6.45, 7) is 0.00624. The lowest BCUT2D eigenvalue weighted by atomic mass is 10.2. The Labute approximate surface area is 94.2 Å². The number of anilines is 2. The molecule has 4 N–H and O–H groups in total. The third-order valence-corrected chi connectivity index (χ3v) is 2.06. The molecule has 1 aromatic carbocycles. The molecule has 0 saturated carbocycles. The number of methoxy groups -OCH3 is 1. The van der Waals surface area contributed by atoms with E-state index in [0.29, 0.717) is 23.5 Å². The monoisotopic (exact) mass is 224 g/mol. The molecule has 0 atom stereocenters. The number of ether oxygens (including phenoxy) is 1. The minimum Gasteiger partial charge on any atom is -0.494 e. The van der Waals surface area contributed by atoms with Crippen LogP contribution in [0.25, 0.3) is 0 Å². The van der Waals surface area contributed by atoms with Gasteiger partial charge in [-0.1, -0.05) is 0 Å². The van der Waals surface area contributed by atoms with Gasteiger partial charge in [-0.15, -0.1) is 0 Å². The van der Waals surface area contributed by atoms with Crippen molar-refractivity contribution in [2.45, 2.75) is 12.8 Å². The maximum absolute atomic E-state index is 11.4. The molecule has 1 amide bonds. The number of hydrogen-bond acceptors (Lipinski definition) is 4. The van der Waals surface area contributed by atoms with E-state index in [-0.39, 0.29) is 18.9 Å². The largest absolute Gasteiger partial charge is 0.494 e. The highest BCUT2D eigenvalue weighted by Gasteiger charge is 2.07. The fourth-order valence-corrected chi connectivity index (χ4v) is 1.26. The fraction of sp³-hybridized carbons (Fsp3) is 0.364. The molecule has 16 heavy (non-hydrogen) atoms. The second kappa shape index (κ2) is 5.97. The van der Waals surface area contributed by atoms with Crippen molar-refractivity contribution < 1.29 is 14.6 Å². The summed E-state index contributed by atoms with van der Waals surface area (Å²) in [6, 6.07) is 5.01. The van der Waals surface area contributed by atoms with Gasteiger partial charge in [0.1, 0.15) is 5.75 Å². The Morgan fingerprint density at radius 2 is 2.31 bits per heavy atom.